The van der Waals surface area contributed by atoms with Crippen LogP contribution in [0.25, 0.3) is 10.8 Å². The number of nitrogens with one attached hydrogen (secondary N) is 2. The Morgan fingerprint density at radius 1 is 0.700 bits per heavy atom. The molecule has 0 unspecified atom stereocenters. The summed E-state index contributed by atoms with van der Waals surface area (Å²) in [5.74, 6) is -1.73. The van der Waals surface area contributed by atoms with Gasteiger partial charge in [-0.25, -0.2) is 0 Å². The van der Waals surface area contributed by atoms with E-state index in [1.807, 2.05) is 6.07 Å². The van der Waals surface area contributed by atoms with Crippen LogP contribution < -0.4 is 15.5 Å². The van der Waals surface area contributed by atoms with E-state index in [4.69, 9.17) is 0 Å². The summed E-state index contributed by atoms with van der Waals surface area (Å²) in [6, 6.07) is 23.4. The molecule has 0 bridgehead atoms. The minimum absolute atomic E-state index is 1.20. The Hall–Kier alpha value is -1.53. The van der Waals surface area contributed by atoms with E-state index in [2.05, 4.69) is 85.9 Å². The fourth-order valence-electron chi connectivity index (χ4n) is 2.66. The number of rotatable bonds is 1. The number of hydrogen-bond donors (Lipinski definition) is 2. The summed E-state index contributed by atoms with van der Waals surface area (Å²) < 4.78 is 0. The van der Waals surface area contributed by atoms with Gasteiger partial charge in [0.25, 0.3) is 0 Å². The molecule has 0 radical (unpaired) electrons. The molecule has 2 N–H and O–H groups in total. The monoisotopic (exact) mass is 344 g/mol. The summed E-state index contributed by atoms with van der Waals surface area (Å²) in [6.07, 6.45) is 0. The van der Waals surface area contributed by atoms with E-state index in [9.17, 15) is 0 Å². The Morgan fingerprint density at radius 3 is 1.90 bits per heavy atom. The van der Waals surface area contributed by atoms with Crippen LogP contribution in [-0.2, 0) is 0 Å². The van der Waals surface area contributed by atoms with Crippen LogP contribution in [0.3, 0.4) is 0 Å². The molecule has 0 aliphatic carbocycles. The molecule has 20 heavy (non-hydrogen) atoms. The van der Waals surface area contributed by atoms with E-state index >= 15 is 0 Å². The summed E-state index contributed by atoms with van der Waals surface area (Å²) >= 11 is 3.38. The molecule has 3 aromatic rings. The zero-order valence-corrected chi connectivity index (χ0v) is 13.3. The molecule has 0 saturated heterocycles. The van der Waals surface area contributed by atoms with E-state index in [0.29, 0.717) is 0 Å². The second kappa shape index (κ2) is 4.49. The predicted octanol–water partition coefficient (Wildman–Crippen LogP) is 3.93. The van der Waals surface area contributed by atoms with Crippen molar-refractivity contribution in [2.45, 2.75) is 0 Å². The molecule has 0 fully saturated rings. The van der Waals surface area contributed by atoms with E-state index < -0.39 is 5.81 Å². The van der Waals surface area contributed by atoms with E-state index in [-0.39, 0.29) is 0 Å². The van der Waals surface area contributed by atoms with Gasteiger partial charge in [0, 0.05) is 0 Å². The van der Waals surface area contributed by atoms with E-state index in [1.54, 1.807) is 0 Å². The van der Waals surface area contributed by atoms with Gasteiger partial charge >= 0.3 is 125 Å². The molecule has 1 heterocycles. The van der Waals surface area contributed by atoms with Crippen LogP contribution in [0.15, 0.2) is 66.7 Å². The van der Waals surface area contributed by atoms with Crippen molar-refractivity contribution in [3.05, 3.63) is 66.7 Å². The van der Waals surface area contributed by atoms with Crippen molar-refractivity contribution in [2.24, 2.45) is 0 Å². The Bertz CT molecular complexity index is 801. The van der Waals surface area contributed by atoms with Crippen LogP contribution in [-0.4, -0.2) is 15.1 Å². The quantitative estimate of drug-likeness (QED) is 0.517. The van der Waals surface area contributed by atoms with Crippen LogP contribution in [0.2, 0.25) is 0 Å². The minimum atomic E-state index is -1.73. The summed E-state index contributed by atoms with van der Waals surface area (Å²) in [5, 5.41) is 11.2. The van der Waals surface area contributed by atoms with Crippen molar-refractivity contribution >= 4 is 48.4 Å². The van der Waals surface area contributed by atoms with E-state index in [1.165, 1.54) is 27.5 Å². The third kappa shape index (κ3) is 1.83. The van der Waals surface area contributed by atoms with Gasteiger partial charge in [-0.1, -0.05) is 0 Å². The van der Waals surface area contributed by atoms with Gasteiger partial charge in [0.15, 0.2) is 0 Å². The fourth-order valence-corrected chi connectivity index (χ4v) is 6.62. The van der Waals surface area contributed by atoms with Crippen LogP contribution in [0.1, 0.15) is 0 Å². The average molecular weight is 343 g/mol. The second-order valence-electron chi connectivity index (χ2n) is 4.88. The fraction of sp³-hybridized carbons (Fsp3) is 0. The molecule has 0 spiro atoms. The predicted molar refractivity (Wildman–Crippen MR) is 89.9 cm³/mol. The maximum absolute atomic E-state index is 3.70. The van der Waals surface area contributed by atoms with Crippen LogP contribution >= 0.6 is 5.81 Å². The number of hydrogen-bond acceptors (Lipinski definition) is 2. The normalized spacial score (nSPS) is 15.4. The Kier molecular flexibility index (Phi) is 2.75. The number of anilines is 2. The Balaban J connectivity index is 1.94. The van der Waals surface area contributed by atoms with Gasteiger partial charge < -0.3 is 0 Å². The van der Waals surface area contributed by atoms with Crippen molar-refractivity contribution in [3.63, 3.8) is 0 Å². The molecular weight excluding hydrogens is 330 g/mol. The SMILES string of the molecule is [Se]=P1(c2ccccc2)Nc2cccc3cccc(c23)N1. The molecule has 0 amide bonds. The molecule has 1 aliphatic heterocycles. The molecule has 3 aromatic carbocycles. The standard InChI is InChI=1S/C16H13N2PSe/c20-19(13-8-2-1-3-9-13)17-14-10-4-6-12-7-5-11-15(18-19)16(12)14/h1-11H,(H2,17,18,20). The molecule has 0 aromatic heterocycles. The molecule has 4 heteroatoms. The van der Waals surface area contributed by atoms with E-state index in [0.717, 1.165) is 0 Å². The molecule has 0 saturated carbocycles. The van der Waals surface area contributed by atoms with Crippen LogP contribution in [0, 0.1) is 0 Å². The van der Waals surface area contributed by atoms with Crippen molar-refractivity contribution in [2.75, 3.05) is 10.2 Å². The summed E-state index contributed by atoms with van der Waals surface area (Å²) in [5.41, 5.74) is 2.40. The molecule has 2 nitrogen and oxygen atoms in total. The number of benzene rings is 3. The van der Waals surface area contributed by atoms with Crippen molar-refractivity contribution in [3.8, 4) is 0 Å². The zero-order valence-electron chi connectivity index (χ0n) is 10.7. The topological polar surface area (TPSA) is 24.1 Å². The van der Waals surface area contributed by atoms with Gasteiger partial charge in [-0.2, -0.15) is 0 Å². The third-order valence-corrected chi connectivity index (χ3v) is 8.19. The first-order valence-electron chi connectivity index (χ1n) is 6.50. The first kappa shape index (κ1) is 12.2. The van der Waals surface area contributed by atoms with Crippen LogP contribution in [0.5, 0.6) is 0 Å². The average Bonchev–Trinajstić information content (AvgIpc) is 2.48. The van der Waals surface area contributed by atoms with Crippen LogP contribution in [0.4, 0.5) is 11.4 Å². The maximum atomic E-state index is 3.70. The summed E-state index contributed by atoms with van der Waals surface area (Å²) in [7, 11) is 0. The van der Waals surface area contributed by atoms with Gasteiger partial charge in [-0.15, -0.1) is 0 Å². The molecule has 98 valence electrons. The van der Waals surface area contributed by atoms with Gasteiger partial charge in [0.05, 0.1) is 0 Å². The van der Waals surface area contributed by atoms with Crippen molar-refractivity contribution < 1.29 is 0 Å². The first-order valence-corrected chi connectivity index (χ1v) is 10.5. The summed E-state index contributed by atoms with van der Waals surface area (Å²) in [4.78, 5) is 0. The van der Waals surface area contributed by atoms with Gasteiger partial charge in [0.1, 0.15) is 0 Å². The second-order valence-corrected chi connectivity index (χ2v) is 10.5. The van der Waals surface area contributed by atoms with Gasteiger partial charge in [-0.05, 0) is 0 Å². The molecule has 0 atom stereocenters. The van der Waals surface area contributed by atoms with Gasteiger partial charge in [-0.3, -0.25) is 0 Å². The Morgan fingerprint density at radius 2 is 1.30 bits per heavy atom. The van der Waals surface area contributed by atoms with Crippen molar-refractivity contribution in [1.29, 1.82) is 0 Å². The zero-order chi connectivity index (χ0) is 13.6. The van der Waals surface area contributed by atoms with Crippen molar-refractivity contribution in [1.82, 2.24) is 0 Å². The van der Waals surface area contributed by atoms with Gasteiger partial charge in [0.2, 0.25) is 0 Å². The molecule has 4 rings (SSSR count). The summed E-state index contributed by atoms with van der Waals surface area (Å²) in [6.45, 7) is 0. The first-order chi connectivity index (χ1) is 9.76. The Labute approximate surface area is 125 Å². The molecule has 1 aliphatic rings. The third-order valence-electron chi connectivity index (χ3n) is 3.58. The molecular formula is C16H13N2PSe.